The van der Waals surface area contributed by atoms with Crippen LogP contribution < -0.4 is 11.1 Å². The van der Waals surface area contributed by atoms with Gasteiger partial charge in [-0.2, -0.15) is 0 Å². The van der Waals surface area contributed by atoms with Crippen molar-refractivity contribution in [3.8, 4) is 0 Å². The maximum Gasteiger partial charge on any atom is 0.227 e. The standard InChI is InChI=1S/C14H20N2O2/c1-3-11(8-9-15)14(18)16-13-6-4-12(5-7-13)10(2)17/h4-7,11H,3,8-9,15H2,1-2H3,(H,16,18). The molecule has 3 N–H and O–H groups in total. The zero-order chi connectivity index (χ0) is 13.5. The Balaban J connectivity index is 2.66. The molecule has 0 saturated heterocycles. The molecule has 18 heavy (non-hydrogen) atoms. The molecule has 0 heterocycles. The van der Waals surface area contributed by atoms with E-state index in [4.69, 9.17) is 5.73 Å². The minimum atomic E-state index is -0.0533. The lowest BCUT2D eigenvalue weighted by Gasteiger charge is -2.14. The van der Waals surface area contributed by atoms with E-state index in [-0.39, 0.29) is 17.6 Å². The lowest BCUT2D eigenvalue weighted by atomic mass is 10.0. The molecule has 1 aromatic carbocycles. The van der Waals surface area contributed by atoms with Crippen LogP contribution in [-0.4, -0.2) is 18.2 Å². The van der Waals surface area contributed by atoms with Gasteiger partial charge in [0.05, 0.1) is 0 Å². The molecule has 0 aliphatic carbocycles. The first-order valence-electron chi connectivity index (χ1n) is 6.20. The molecule has 0 aliphatic rings. The summed E-state index contributed by atoms with van der Waals surface area (Å²) in [6, 6.07) is 6.90. The fraction of sp³-hybridized carbons (Fsp3) is 0.429. The van der Waals surface area contributed by atoms with Gasteiger partial charge in [0.25, 0.3) is 0 Å². The summed E-state index contributed by atoms with van der Waals surface area (Å²) in [5.74, 6) is -0.0524. The van der Waals surface area contributed by atoms with E-state index in [1.807, 2.05) is 6.92 Å². The molecule has 4 heteroatoms. The average Bonchev–Trinajstić information content (AvgIpc) is 2.36. The molecule has 0 radical (unpaired) electrons. The third kappa shape index (κ3) is 3.96. The second-order valence-electron chi connectivity index (χ2n) is 4.31. The minimum Gasteiger partial charge on any atom is -0.330 e. The van der Waals surface area contributed by atoms with Crippen LogP contribution in [0.5, 0.6) is 0 Å². The maximum absolute atomic E-state index is 11.9. The molecular weight excluding hydrogens is 228 g/mol. The average molecular weight is 248 g/mol. The van der Waals surface area contributed by atoms with Gasteiger partial charge in [0, 0.05) is 17.2 Å². The number of Topliss-reactive ketones (excluding diaryl/α,β-unsaturated/α-hetero) is 1. The van der Waals surface area contributed by atoms with Gasteiger partial charge in [0.15, 0.2) is 5.78 Å². The number of benzene rings is 1. The van der Waals surface area contributed by atoms with Crippen molar-refractivity contribution in [3.05, 3.63) is 29.8 Å². The first kappa shape index (κ1) is 14.4. The highest BCUT2D eigenvalue weighted by atomic mass is 16.2. The first-order chi connectivity index (χ1) is 8.58. The molecule has 1 amide bonds. The summed E-state index contributed by atoms with van der Waals surface area (Å²) >= 11 is 0. The maximum atomic E-state index is 11.9. The van der Waals surface area contributed by atoms with Crippen LogP contribution >= 0.6 is 0 Å². The second kappa shape index (κ2) is 6.91. The van der Waals surface area contributed by atoms with E-state index in [0.29, 0.717) is 24.2 Å². The zero-order valence-electron chi connectivity index (χ0n) is 10.9. The van der Waals surface area contributed by atoms with E-state index in [9.17, 15) is 9.59 Å². The smallest absolute Gasteiger partial charge is 0.227 e. The van der Waals surface area contributed by atoms with Crippen molar-refractivity contribution < 1.29 is 9.59 Å². The first-order valence-corrected chi connectivity index (χ1v) is 6.20. The Morgan fingerprint density at radius 1 is 1.28 bits per heavy atom. The number of carbonyl (C=O) groups excluding carboxylic acids is 2. The van der Waals surface area contributed by atoms with Crippen LogP contribution in [0.2, 0.25) is 0 Å². The van der Waals surface area contributed by atoms with Crippen molar-refractivity contribution in [1.82, 2.24) is 0 Å². The molecule has 0 bridgehead atoms. The number of nitrogens with two attached hydrogens (primary N) is 1. The summed E-state index contributed by atoms with van der Waals surface area (Å²) in [6.07, 6.45) is 1.46. The quantitative estimate of drug-likeness (QED) is 0.758. The van der Waals surface area contributed by atoms with Crippen molar-refractivity contribution in [3.63, 3.8) is 0 Å². The fourth-order valence-corrected chi connectivity index (χ4v) is 1.75. The summed E-state index contributed by atoms with van der Waals surface area (Å²) in [7, 11) is 0. The second-order valence-corrected chi connectivity index (χ2v) is 4.31. The summed E-state index contributed by atoms with van der Waals surface area (Å²) in [5, 5.41) is 2.84. The Hall–Kier alpha value is -1.68. The Morgan fingerprint density at radius 2 is 1.89 bits per heavy atom. The lowest BCUT2D eigenvalue weighted by Crippen LogP contribution is -2.24. The molecule has 0 aromatic heterocycles. The van der Waals surface area contributed by atoms with E-state index in [0.717, 1.165) is 6.42 Å². The molecular formula is C14H20N2O2. The zero-order valence-corrected chi connectivity index (χ0v) is 10.9. The van der Waals surface area contributed by atoms with Gasteiger partial charge in [-0.1, -0.05) is 6.92 Å². The predicted molar refractivity (Wildman–Crippen MR) is 72.5 cm³/mol. The number of anilines is 1. The largest absolute Gasteiger partial charge is 0.330 e. The number of nitrogens with one attached hydrogen (secondary N) is 1. The van der Waals surface area contributed by atoms with Crippen LogP contribution in [0.15, 0.2) is 24.3 Å². The molecule has 0 fully saturated rings. The highest BCUT2D eigenvalue weighted by Gasteiger charge is 2.15. The normalized spacial score (nSPS) is 11.9. The van der Waals surface area contributed by atoms with Gasteiger partial charge in [-0.3, -0.25) is 9.59 Å². The van der Waals surface area contributed by atoms with Crippen LogP contribution in [0.3, 0.4) is 0 Å². The van der Waals surface area contributed by atoms with Gasteiger partial charge in [0.1, 0.15) is 0 Å². The van der Waals surface area contributed by atoms with Crippen LogP contribution in [-0.2, 0) is 4.79 Å². The Kier molecular flexibility index (Phi) is 5.52. The molecule has 1 atom stereocenters. The molecule has 0 spiro atoms. The molecule has 0 aliphatic heterocycles. The summed E-state index contributed by atoms with van der Waals surface area (Å²) in [6.45, 7) is 4.00. The van der Waals surface area contributed by atoms with Gasteiger partial charge in [-0.15, -0.1) is 0 Å². The molecule has 98 valence electrons. The molecule has 1 rings (SSSR count). The van der Waals surface area contributed by atoms with Crippen molar-refractivity contribution in [1.29, 1.82) is 0 Å². The Bertz CT molecular complexity index is 412. The summed E-state index contributed by atoms with van der Waals surface area (Å²) < 4.78 is 0. The number of amides is 1. The van der Waals surface area contributed by atoms with Gasteiger partial charge in [-0.25, -0.2) is 0 Å². The van der Waals surface area contributed by atoms with Crippen molar-refractivity contribution in [2.75, 3.05) is 11.9 Å². The van der Waals surface area contributed by atoms with Gasteiger partial charge in [0.2, 0.25) is 5.91 Å². The molecule has 0 saturated carbocycles. The van der Waals surface area contributed by atoms with Crippen molar-refractivity contribution in [2.45, 2.75) is 26.7 Å². The third-order valence-corrected chi connectivity index (χ3v) is 2.94. The summed E-state index contributed by atoms with van der Waals surface area (Å²) in [5.41, 5.74) is 6.82. The number of carbonyl (C=O) groups is 2. The molecule has 4 nitrogen and oxygen atoms in total. The van der Waals surface area contributed by atoms with Crippen LogP contribution in [0.25, 0.3) is 0 Å². The molecule has 1 aromatic rings. The van der Waals surface area contributed by atoms with E-state index in [1.54, 1.807) is 24.3 Å². The van der Waals surface area contributed by atoms with Gasteiger partial charge < -0.3 is 11.1 Å². The highest BCUT2D eigenvalue weighted by molar-refractivity contribution is 5.96. The van der Waals surface area contributed by atoms with E-state index in [2.05, 4.69) is 5.32 Å². The number of hydrogen-bond acceptors (Lipinski definition) is 3. The van der Waals surface area contributed by atoms with Crippen molar-refractivity contribution in [2.24, 2.45) is 11.7 Å². The van der Waals surface area contributed by atoms with E-state index < -0.39 is 0 Å². The fourth-order valence-electron chi connectivity index (χ4n) is 1.75. The van der Waals surface area contributed by atoms with E-state index >= 15 is 0 Å². The van der Waals surface area contributed by atoms with Crippen LogP contribution in [0, 0.1) is 5.92 Å². The minimum absolute atomic E-state index is 0.0153. The third-order valence-electron chi connectivity index (χ3n) is 2.94. The SMILES string of the molecule is CCC(CCN)C(=O)Nc1ccc(C(C)=O)cc1. The van der Waals surface area contributed by atoms with E-state index in [1.165, 1.54) is 6.92 Å². The summed E-state index contributed by atoms with van der Waals surface area (Å²) in [4.78, 5) is 23.0. The monoisotopic (exact) mass is 248 g/mol. The van der Waals surface area contributed by atoms with Crippen LogP contribution in [0.4, 0.5) is 5.69 Å². The van der Waals surface area contributed by atoms with Gasteiger partial charge in [-0.05, 0) is 50.6 Å². The Morgan fingerprint density at radius 3 is 2.33 bits per heavy atom. The number of rotatable bonds is 6. The highest BCUT2D eigenvalue weighted by Crippen LogP contribution is 2.14. The lowest BCUT2D eigenvalue weighted by molar-refractivity contribution is -0.120. The number of hydrogen-bond donors (Lipinski definition) is 2. The molecule has 1 unspecified atom stereocenters. The van der Waals surface area contributed by atoms with Crippen molar-refractivity contribution >= 4 is 17.4 Å². The Labute approximate surface area is 108 Å². The predicted octanol–water partition coefficient (Wildman–Crippen LogP) is 2.20. The number of ketones is 1. The van der Waals surface area contributed by atoms with Gasteiger partial charge >= 0.3 is 0 Å². The van der Waals surface area contributed by atoms with Crippen LogP contribution in [0.1, 0.15) is 37.0 Å². The topological polar surface area (TPSA) is 72.2 Å².